The van der Waals surface area contributed by atoms with Crippen LogP contribution in [0.5, 0.6) is 5.75 Å². The first-order chi connectivity index (χ1) is 10.6. The van der Waals surface area contributed by atoms with E-state index in [1.165, 1.54) is 11.3 Å². The molecule has 2 aromatic carbocycles. The maximum absolute atomic E-state index is 12.2. The molecule has 22 heavy (non-hydrogen) atoms. The highest BCUT2D eigenvalue weighted by Crippen LogP contribution is 2.25. The Morgan fingerprint density at radius 1 is 1.18 bits per heavy atom. The maximum Gasteiger partial charge on any atom is 0.266 e. The molecule has 0 saturated carbocycles. The van der Waals surface area contributed by atoms with Crippen molar-refractivity contribution in [3.8, 4) is 5.75 Å². The number of thiazole rings is 1. The molecule has 3 aromatic rings. The number of aryl methyl sites for hydroxylation is 1. The Hall–Kier alpha value is -2.40. The van der Waals surface area contributed by atoms with E-state index >= 15 is 0 Å². The fourth-order valence-corrected chi connectivity index (χ4v) is 2.93. The Kier molecular flexibility index (Phi) is 4.06. The molecule has 0 aliphatic heterocycles. The van der Waals surface area contributed by atoms with Crippen molar-refractivity contribution in [3.05, 3.63) is 54.1 Å². The van der Waals surface area contributed by atoms with E-state index < -0.39 is 6.10 Å². The summed E-state index contributed by atoms with van der Waals surface area (Å²) < 4.78 is 6.76. The third-order valence-corrected chi connectivity index (χ3v) is 4.24. The van der Waals surface area contributed by atoms with Gasteiger partial charge in [0, 0.05) is 0 Å². The van der Waals surface area contributed by atoms with Crippen LogP contribution in [0.3, 0.4) is 0 Å². The molecule has 0 unspecified atom stereocenters. The third kappa shape index (κ3) is 3.09. The standard InChI is InChI=1S/C17H16N2O2S/c1-11-7-3-5-9-14(11)21-12(2)16(20)19-17-18-13-8-4-6-10-15(13)22-17/h3-10,12H,1-2H3,(H,18,19,20)/t12-/m0/s1. The Morgan fingerprint density at radius 2 is 1.91 bits per heavy atom. The number of rotatable bonds is 4. The van der Waals surface area contributed by atoms with E-state index in [1.807, 2.05) is 55.5 Å². The van der Waals surface area contributed by atoms with Crippen molar-refractivity contribution in [2.45, 2.75) is 20.0 Å². The van der Waals surface area contributed by atoms with Gasteiger partial charge in [-0.05, 0) is 37.6 Å². The average molecular weight is 312 g/mol. The van der Waals surface area contributed by atoms with Crippen LogP contribution in [0.1, 0.15) is 12.5 Å². The van der Waals surface area contributed by atoms with Gasteiger partial charge in [0.1, 0.15) is 5.75 Å². The lowest BCUT2D eigenvalue weighted by atomic mass is 10.2. The van der Waals surface area contributed by atoms with Crippen LogP contribution in [-0.4, -0.2) is 17.0 Å². The normalized spacial score (nSPS) is 12.1. The molecule has 112 valence electrons. The molecule has 1 N–H and O–H groups in total. The highest BCUT2D eigenvalue weighted by molar-refractivity contribution is 7.22. The van der Waals surface area contributed by atoms with Crippen LogP contribution in [-0.2, 0) is 4.79 Å². The monoisotopic (exact) mass is 312 g/mol. The molecule has 1 heterocycles. The molecule has 1 atom stereocenters. The highest BCUT2D eigenvalue weighted by Gasteiger charge is 2.17. The molecule has 0 radical (unpaired) electrons. The van der Waals surface area contributed by atoms with Crippen molar-refractivity contribution in [3.63, 3.8) is 0 Å². The number of carbonyl (C=O) groups excluding carboxylic acids is 1. The van der Waals surface area contributed by atoms with Crippen molar-refractivity contribution >= 4 is 32.6 Å². The number of hydrogen-bond donors (Lipinski definition) is 1. The maximum atomic E-state index is 12.2. The van der Waals surface area contributed by atoms with Crippen LogP contribution >= 0.6 is 11.3 Å². The largest absolute Gasteiger partial charge is 0.481 e. The van der Waals surface area contributed by atoms with Gasteiger partial charge in [0.05, 0.1) is 10.2 Å². The lowest BCUT2D eigenvalue weighted by molar-refractivity contribution is -0.122. The number of anilines is 1. The number of fused-ring (bicyclic) bond motifs is 1. The average Bonchev–Trinajstić information content (AvgIpc) is 2.91. The van der Waals surface area contributed by atoms with Gasteiger partial charge in [-0.1, -0.05) is 41.7 Å². The van der Waals surface area contributed by atoms with Crippen molar-refractivity contribution in [1.82, 2.24) is 4.98 Å². The molecule has 1 amide bonds. The molecule has 0 fully saturated rings. The van der Waals surface area contributed by atoms with Crippen molar-refractivity contribution in [2.24, 2.45) is 0 Å². The molecule has 0 bridgehead atoms. The van der Waals surface area contributed by atoms with Gasteiger partial charge in [0.25, 0.3) is 5.91 Å². The van der Waals surface area contributed by atoms with Crippen LogP contribution in [0.25, 0.3) is 10.2 Å². The molecule has 1 aromatic heterocycles. The second-order valence-electron chi connectivity index (χ2n) is 5.00. The zero-order valence-corrected chi connectivity index (χ0v) is 13.2. The number of para-hydroxylation sites is 2. The summed E-state index contributed by atoms with van der Waals surface area (Å²) in [4.78, 5) is 16.6. The number of benzene rings is 2. The lowest BCUT2D eigenvalue weighted by Crippen LogP contribution is -2.30. The smallest absolute Gasteiger partial charge is 0.266 e. The minimum Gasteiger partial charge on any atom is -0.481 e. The van der Waals surface area contributed by atoms with Crippen molar-refractivity contribution < 1.29 is 9.53 Å². The first-order valence-electron chi connectivity index (χ1n) is 7.02. The van der Waals surface area contributed by atoms with Crippen LogP contribution in [0.4, 0.5) is 5.13 Å². The minimum absolute atomic E-state index is 0.206. The summed E-state index contributed by atoms with van der Waals surface area (Å²) in [6.07, 6.45) is -0.590. The number of amides is 1. The van der Waals surface area contributed by atoms with Crippen LogP contribution in [0.15, 0.2) is 48.5 Å². The van der Waals surface area contributed by atoms with E-state index in [0.717, 1.165) is 21.5 Å². The first-order valence-corrected chi connectivity index (χ1v) is 7.84. The number of ether oxygens (including phenoxy) is 1. The lowest BCUT2D eigenvalue weighted by Gasteiger charge is -2.15. The summed E-state index contributed by atoms with van der Waals surface area (Å²) in [5.74, 6) is 0.511. The molecule has 0 aliphatic rings. The summed E-state index contributed by atoms with van der Waals surface area (Å²) in [6, 6.07) is 15.4. The number of carbonyl (C=O) groups is 1. The third-order valence-electron chi connectivity index (χ3n) is 3.29. The number of nitrogens with one attached hydrogen (secondary N) is 1. The van der Waals surface area contributed by atoms with Gasteiger partial charge >= 0.3 is 0 Å². The minimum atomic E-state index is -0.590. The predicted molar refractivity (Wildman–Crippen MR) is 89.5 cm³/mol. The van der Waals surface area contributed by atoms with E-state index in [9.17, 15) is 4.79 Å². The Balaban J connectivity index is 1.69. The molecular formula is C17H16N2O2S. The second-order valence-corrected chi connectivity index (χ2v) is 6.03. The van der Waals surface area contributed by atoms with Gasteiger partial charge in [-0.15, -0.1) is 0 Å². The Bertz CT molecular complexity index is 780. The highest BCUT2D eigenvalue weighted by atomic mass is 32.1. The quantitative estimate of drug-likeness (QED) is 0.792. The van der Waals surface area contributed by atoms with Gasteiger partial charge < -0.3 is 4.74 Å². The topological polar surface area (TPSA) is 51.2 Å². The van der Waals surface area contributed by atoms with Crippen LogP contribution in [0, 0.1) is 6.92 Å². The fourth-order valence-electron chi connectivity index (χ4n) is 2.07. The summed E-state index contributed by atoms with van der Waals surface area (Å²) in [6.45, 7) is 3.68. The fraction of sp³-hybridized carbons (Fsp3) is 0.176. The predicted octanol–water partition coefficient (Wildman–Crippen LogP) is 4.01. The SMILES string of the molecule is Cc1ccccc1O[C@@H](C)C(=O)Nc1nc2ccccc2s1. The molecule has 0 aliphatic carbocycles. The summed E-state index contributed by atoms with van der Waals surface area (Å²) in [5, 5.41) is 3.40. The zero-order chi connectivity index (χ0) is 15.5. The van der Waals surface area contributed by atoms with E-state index in [-0.39, 0.29) is 5.91 Å². The van der Waals surface area contributed by atoms with Gasteiger partial charge in [-0.2, -0.15) is 0 Å². The summed E-state index contributed by atoms with van der Waals surface area (Å²) >= 11 is 1.45. The first kappa shape index (κ1) is 14.5. The molecule has 0 saturated heterocycles. The van der Waals surface area contributed by atoms with Gasteiger partial charge in [0.15, 0.2) is 11.2 Å². The molecule has 4 nitrogen and oxygen atoms in total. The second kappa shape index (κ2) is 6.15. The molecule has 5 heteroatoms. The number of aromatic nitrogens is 1. The van der Waals surface area contributed by atoms with E-state index in [1.54, 1.807) is 6.92 Å². The molecule has 3 rings (SSSR count). The van der Waals surface area contributed by atoms with E-state index in [2.05, 4.69) is 10.3 Å². The molecule has 0 spiro atoms. The molecular weight excluding hydrogens is 296 g/mol. The number of nitrogens with zero attached hydrogens (tertiary/aromatic N) is 1. The van der Waals surface area contributed by atoms with Crippen molar-refractivity contribution in [2.75, 3.05) is 5.32 Å². The van der Waals surface area contributed by atoms with E-state index in [4.69, 9.17) is 4.74 Å². The Labute approximate surface area is 132 Å². The van der Waals surface area contributed by atoms with Gasteiger partial charge in [-0.3, -0.25) is 10.1 Å². The van der Waals surface area contributed by atoms with Gasteiger partial charge in [0.2, 0.25) is 0 Å². The van der Waals surface area contributed by atoms with E-state index in [0.29, 0.717) is 5.13 Å². The van der Waals surface area contributed by atoms with Gasteiger partial charge in [-0.25, -0.2) is 4.98 Å². The Morgan fingerprint density at radius 3 is 2.68 bits per heavy atom. The van der Waals surface area contributed by atoms with Crippen molar-refractivity contribution in [1.29, 1.82) is 0 Å². The van der Waals surface area contributed by atoms with Crippen LogP contribution in [0.2, 0.25) is 0 Å². The number of hydrogen-bond acceptors (Lipinski definition) is 4. The summed E-state index contributed by atoms with van der Waals surface area (Å²) in [5.41, 5.74) is 1.89. The zero-order valence-electron chi connectivity index (χ0n) is 12.4. The van der Waals surface area contributed by atoms with Crippen LogP contribution < -0.4 is 10.1 Å². The summed E-state index contributed by atoms with van der Waals surface area (Å²) in [7, 11) is 0.